The van der Waals surface area contributed by atoms with E-state index in [1.54, 1.807) is 24.4 Å². The lowest BCUT2D eigenvalue weighted by molar-refractivity contribution is 0.509. The third-order valence-corrected chi connectivity index (χ3v) is 7.38. The van der Waals surface area contributed by atoms with Crippen molar-refractivity contribution in [1.82, 2.24) is 24.7 Å². The van der Waals surface area contributed by atoms with Gasteiger partial charge in [-0.05, 0) is 55.5 Å². The summed E-state index contributed by atoms with van der Waals surface area (Å²) in [6.07, 6.45) is 6.82. The number of rotatable bonds is 3. The van der Waals surface area contributed by atoms with Crippen molar-refractivity contribution < 1.29 is 4.42 Å². The molecule has 5 rings (SSSR count). The Hall–Kier alpha value is -2.19. The highest BCUT2D eigenvalue weighted by Crippen LogP contribution is 2.42. The van der Waals surface area contributed by atoms with Crippen LogP contribution in [0, 0.1) is 12.8 Å². The summed E-state index contributed by atoms with van der Waals surface area (Å²) in [7, 11) is 1.98. The molecule has 1 aliphatic carbocycles. The van der Waals surface area contributed by atoms with Gasteiger partial charge in [0.25, 0.3) is 0 Å². The molecule has 1 atom stereocenters. The van der Waals surface area contributed by atoms with Gasteiger partial charge in [0.05, 0.1) is 11.8 Å². The molecule has 4 heterocycles. The summed E-state index contributed by atoms with van der Waals surface area (Å²) in [5, 5.41) is 11.8. The van der Waals surface area contributed by atoms with Crippen LogP contribution in [0.1, 0.15) is 29.5 Å². The molecule has 0 saturated carbocycles. The quantitative estimate of drug-likeness (QED) is 0.468. The highest BCUT2D eigenvalue weighted by molar-refractivity contribution is 7.99. The average molecular weight is 398 g/mol. The third-order valence-electron chi connectivity index (χ3n) is 5.18. The molecule has 1 aliphatic rings. The Labute approximate surface area is 165 Å². The fourth-order valence-electron chi connectivity index (χ4n) is 3.67. The molecule has 0 radical (unpaired) electrons. The van der Waals surface area contributed by atoms with Crippen molar-refractivity contribution in [1.29, 1.82) is 0 Å². The van der Waals surface area contributed by atoms with Gasteiger partial charge in [-0.1, -0.05) is 6.92 Å². The minimum absolute atomic E-state index is 0.745. The van der Waals surface area contributed by atoms with Crippen molar-refractivity contribution in [3.05, 3.63) is 34.9 Å². The van der Waals surface area contributed by atoms with Crippen LogP contribution >= 0.6 is 23.1 Å². The maximum absolute atomic E-state index is 5.41. The molecule has 4 aromatic heterocycles. The van der Waals surface area contributed by atoms with E-state index in [4.69, 9.17) is 4.42 Å². The molecule has 8 heteroatoms. The van der Waals surface area contributed by atoms with Crippen LogP contribution in [0.3, 0.4) is 0 Å². The van der Waals surface area contributed by atoms with E-state index in [1.807, 2.05) is 35.9 Å². The number of hydrogen-bond acceptors (Lipinski definition) is 7. The van der Waals surface area contributed by atoms with E-state index in [-0.39, 0.29) is 0 Å². The Morgan fingerprint density at radius 2 is 2.19 bits per heavy atom. The van der Waals surface area contributed by atoms with E-state index in [0.717, 1.165) is 50.9 Å². The molecule has 0 spiro atoms. The molecule has 0 aliphatic heterocycles. The molecule has 138 valence electrons. The van der Waals surface area contributed by atoms with Crippen LogP contribution in [0.2, 0.25) is 0 Å². The molecule has 1 unspecified atom stereocenters. The van der Waals surface area contributed by atoms with Gasteiger partial charge in [0.15, 0.2) is 11.0 Å². The predicted molar refractivity (Wildman–Crippen MR) is 106 cm³/mol. The van der Waals surface area contributed by atoms with Crippen LogP contribution < -0.4 is 0 Å². The van der Waals surface area contributed by atoms with Crippen molar-refractivity contribution >= 4 is 33.3 Å². The zero-order valence-electron chi connectivity index (χ0n) is 15.4. The van der Waals surface area contributed by atoms with Gasteiger partial charge >= 0.3 is 0 Å². The Balaban J connectivity index is 1.56. The number of fused-ring (bicyclic) bond motifs is 3. The van der Waals surface area contributed by atoms with Crippen LogP contribution in [0.5, 0.6) is 0 Å². The number of aromatic nitrogens is 5. The van der Waals surface area contributed by atoms with Crippen LogP contribution in [-0.2, 0) is 19.9 Å². The Bertz CT molecular complexity index is 1140. The van der Waals surface area contributed by atoms with Gasteiger partial charge in [0.1, 0.15) is 21.9 Å². The van der Waals surface area contributed by atoms with Gasteiger partial charge in [-0.3, -0.25) is 0 Å². The van der Waals surface area contributed by atoms with Gasteiger partial charge < -0.3 is 8.98 Å². The predicted octanol–water partition coefficient (Wildman–Crippen LogP) is 4.66. The first-order valence-corrected chi connectivity index (χ1v) is 10.6. The van der Waals surface area contributed by atoms with Crippen molar-refractivity contribution in [2.45, 2.75) is 43.3 Å². The molecular formula is C19H19N5OS2. The first kappa shape index (κ1) is 16.9. The van der Waals surface area contributed by atoms with E-state index < -0.39 is 0 Å². The molecular weight excluding hydrogens is 378 g/mol. The second kappa shape index (κ2) is 6.45. The number of hydrogen-bond donors (Lipinski definition) is 0. The summed E-state index contributed by atoms with van der Waals surface area (Å²) < 4.78 is 7.41. The summed E-state index contributed by atoms with van der Waals surface area (Å²) in [5.74, 6) is 2.39. The monoisotopic (exact) mass is 397 g/mol. The van der Waals surface area contributed by atoms with Crippen LogP contribution in [-0.4, -0.2) is 24.7 Å². The molecule has 0 fully saturated rings. The Morgan fingerprint density at radius 3 is 3.00 bits per heavy atom. The Morgan fingerprint density at radius 1 is 1.30 bits per heavy atom. The van der Waals surface area contributed by atoms with E-state index in [2.05, 4.69) is 27.1 Å². The zero-order chi connectivity index (χ0) is 18.5. The minimum atomic E-state index is 0.745. The lowest BCUT2D eigenvalue weighted by Gasteiger charge is -2.18. The van der Waals surface area contributed by atoms with Crippen molar-refractivity contribution in [2.24, 2.45) is 13.0 Å². The standard InChI is InChI=1S/C19H19N5OS2/c1-10-4-5-13-14(8-10)26-17-15(13)18(21-9-20-17)27-19-23-22-16(24(19)3)12-6-7-25-11(12)2/h6-7,9-10H,4-5,8H2,1-3H3. The molecule has 4 aromatic rings. The highest BCUT2D eigenvalue weighted by atomic mass is 32.2. The first-order valence-electron chi connectivity index (χ1n) is 8.98. The second-order valence-corrected chi connectivity index (χ2v) is 9.11. The van der Waals surface area contributed by atoms with Crippen molar-refractivity contribution in [2.75, 3.05) is 0 Å². The van der Waals surface area contributed by atoms with Crippen molar-refractivity contribution in [3.8, 4) is 11.4 Å². The molecule has 0 N–H and O–H groups in total. The molecule has 0 saturated heterocycles. The van der Waals surface area contributed by atoms with Gasteiger partial charge in [-0.25, -0.2) is 9.97 Å². The Kier molecular flexibility index (Phi) is 4.05. The maximum atomic E-state index is 5.41. The van der Waals surface area contributed by atoms with E-state index in [1.165, 1.54) is 22.2 Å². The molecule has 6 nitrogen and oxygen atoms in total. The summed E-state index contributed by atoms with van der Waals surface area (Å²) in [5.41, 5.74) is 2.40. The minimum Gasteiger partial charge on any atom is -0.469 e. The molecule has 0 bridgehead atoms. The van der Waals surface area contributed by atoms with Gasteiger partial charge in [0.2, 0.25) is 0 Å². The number of furan rings is 1. The van der Waals surface area contributed by atoms with Crippen LogP contribution in [0.4, 0.5) is 0 Å². The van der Waals surface area contributed by atoms with E-state index >= 15 is 0 Å². The number of nitrogens with zero attached hydrogens (tertiary/aromatic N) is 5. The van der Waals surface area contributed by atoms with E-state index in [0.29, 0.717) is 0 Å². The number of thiophene rings is 1. The number of aryl methyl sites for hydroxylation is 2. The topological polar surface area (TPSA) is 69.6 Å². The van der Waals surface area contributed by atoms with Gasteiger partial charge in [-0.2, -0.15) is 0 Å². The smallest absolute Gasteiger partial charge is 0.197 e. The van der Waals surface area contributed by atoms with Gasteiger partial charge in [-0.15, -0.1) is 21.5 Å². The first-order chi connectivity index (χ1) is 13.1. The van der Waals surface area contributed by atoms with Crippen molar-refractivity contribution in [3.63, 3.8) is 0 Å². The van der Waals surface area contributed by atoms with Crippen LogP contribution in [0.15, 0.2) is 33.3 Å². The maximum Gasteiger partial charge on any atom is 0.197 e. The molecule has 0 aromatic carbocycles. The fraction of sp³-hybridized carbons (Fsp3) is 0.368. The SMILES string of the molecule is Cc1occc1-c1nnc(Sc2ncnc3sc4c(c23)CCC(C)C4)n1C. The highest BCUT2D eigenvalue weighted by Gasteiger charge is 2.24. The summed E-state index contributed by atoms with van der Waals surface area (Å²) in [6, 6.07) is 1.92. The lowest BCUT2D eigenvalue weighted by atomic mass is 9.89. The fourth-order valence-corrected chi connectivity index (χ4v) is 5.98. The third kappa shape index (κ3) is 2.78. The normalized spacial score (nSPS) is 16.8. The molecule has 0 amide bonds. The molecule has 27 heavy (non-hydrogen) atoms. The summed E-state index contributed by atoms with van der Waals surface area (Å²) in [4.78, 5) is 11.7. The zero-order valence-corrected chi connectivity index (χ0v) is 17.0. The lowest BCUT2D eigenvalue weighted by Crippen LogP contribution is -2.08. The summed E-state index contributed by atoms with van der Waals surface area (Å²) >= 11 is 3.38. The van der Waals surface area contributed by atoms with Crippen LogP contribution in [0.25, 0.3) is 21.6 Å². The largest absolute Gasteiger partial charge is 0.469 e. The van der Waals surface area contributed by atoms with E-state index in [9.17, 15) is 0 Å². The van der Waals surface area contributed by atoms with Gasteiger partial charge in [0, 0.05) is 17.3 Å². The summed E-state index contributed by atoms with van der Waals surface area (Å²) in [6.45, 7) is 4.26. The second-order valence-electron chi connectivity index (χ2n) is 7.07. The average Bonchev–Trinajstić information content (AvgIpc) is 3.32.